The number of rotatable bonds is 2. The van der Waals surface area contributed by atoms with Crippen LogP contribution in [-0.2, 0) is 0 Å². The lowest BCUT2D eigenvalue weighted by Crippen LogP contribution is -1.96. The maximum Gasteiger partial charge on any atom is 0.149 e. The SMILES string of the molecule is Cc1cc2ncc(Nc3ccccc3)nc2cc1C. The molecule has 1 N–H and O–H groups in total. The van der Waals surface area contributed by atoms with Crippen molar-refractivity contribution in [1.29, 1.82) is 0 Å². The van der Waals surface area contributed by atoms with Crippen LogP contribution in [0.3, 0.4) is 0 Å². The second-order valence-corrected chi connectivity index (χ2v) is 4.67. The summed E-state index contributed by atoms with van der Waals surface area (Å²) in [5.74, 6) is 0.766. The van der Waals surface area contributed by atoms with E-state index in [-0.39, 0.29) is 0 Å². The van der Waals surface area contributed by atoms with E-state index in [2.05, 4.69) is 41.3 Å². The minimum atomic E-state index is 0.766. The van der Waals surface area contributed by atoms with E-state index in [4.69, 9.17) is 0 Å². The number of benzene rings is 2. The Morgan fingerprint density at radius 1 is 0.895 bits per heavy atom. The number of nitrogens with zero attached hydrogens (tertiary/aromatic N) is 2. The maximum absolute atomic E-state index is 4.60. The van der Waals surface area contributed by atoms with Gasteiger partial charge in [0.25, 0.3) is 0 Å². The summed E-state index contributed by atoms with van der Waals surface area (Å²) in [7, 11) is 0. The molecular formula is C16H15N3. The van der Waals surface area contributed by atoms with E-state index in [0.29, 0.717) is 0 Å². The highest BCUT2D eigenvalue weighted by molar-refractivity contribution is 5.78. The van der Waals surface area contributed by atoms with E-state index < -0.39 is 0 Å². The molecule has 0 amide bonds. The van der Waals surface area contributed by atoms with Crippen molar-refractivity contribution in [2.45, 2.75) is 13.8 Å². The summed E-state index contributed by atoms with van der Waals surface area (Å²) in [4.78, 5) is 9.05. The van der Waals surface area contributed by atoms with Crippen LogP contribution in [-0.4, -0.2) is 9.97 Å². The van der Waals surface area contributed by atoms with Crippen LogP contribution in [0, 0.1) is 13.8 Å². The number of aromatic nitrogens is 2. The predicted octanol–water partition coefficient (Wildman–Crippen LogP) is 3.99. The van der Waals surface area contributed by atoms with Crippen molar-refractivity contribution in [3.63, 3.8) is 0 Å². The topological polar surface area (TPSA) is 37.8 Å². The summed E-state index contributed by atoms with van der Waals surface area (Å²) in [5, 5.41) is 3.26. The van der Waals surface area contributed by atoms with E-state index in [1.807, 2.05) is 30.3 Å². The third-order valence-electron chi connectivity index (χ3n) is 3.20. The maximum atomic E-state index is 4.60. The molecule has 0 atom stereocenters. The summed E-state index contributed by atoms with van der Waals surface area (Å²) >= 11 is 0. The third-order valence-corrected chi connectivity index (χ3v) is 3.20. The quantitative estimate of drug-likeness (QED) is 0.746. The van der Waals surface area contributed by atoms with E-state index in [0.717, 1.165) is 22.5 Å². The molecule has 1 heterocycles. The lowest BCUT2D eigenvalue weighted by atomic mass is 10.1. The number of para-hydroxylation sites is 1. The van der Waals surface area contributed by atoms with Gasteiger partial charge in [0.1, 0.15) is 5.82 Å². The van der Waals surface area contributed by atoms with Gasteiger partial charge in [0.2, 0.25) is 0 Å². The van der Waals surface area contributed by atoms with Crippen molar-refractivity contribution in [3.8, 4) is 0 Å². The average molecular weight is 249 g/mol. The molecule has 0 radical (unpaired) electrons. The van der Waals surface area contributed by atoms with Crippen molar-refractivity contribution < 1.29 is 0 Å². The molecule has 0 unspecified atom stereocenters. The van der Waals surface area contributed by atoms with Crippen LogP contribution in [0.1, 0.15) is 11.1 Å². The second kappa shape index (κ2) is 4.69. The molecule has 0 saturated carbocycles. The Balaban J connectivity index is 2.00. The van der Waals surface area contributed by atoms with Crippen LogP contribution >= 0.6 is 0 Å². The molecule has 0 aliphatic carbocycles. The lowest BCUT2D eigenvalue weighted by molar-refractivity contribution is 1.25. The van der Waals surface area contributed by atoms with Gasteiger partial charge in [-0.05, 0) is 49.2 Å². The summed E-state index contributed by atoms with van der Waals surface area (Å²) in [5.41, 5.74) is 5.34. The van der Waals surface area contributed by atoms with E-state index >= 15 is 0 Å². The zero-order valence-electron chi connectivity index (χ0n) is 11.0. The van der Waals surface area contributed by atoms with Crippen molar-refractivity contribution in [2.24, 2.45) is 0 Å². The Morgan fingerprint density at radius 3 is 2.32 bits per heavy atom. The van der Waals surface area contributed by atoms with Gasteiger partial charge in [-0.3, -0.25) is 4.98 Å². The fraction of sp³-hybridized carbons (Fsp3) is 0.125. The second-order valence-electron chi connectivity index (χ2n) is 4.67. The molecule has 0 bridgehead atoms. The highest BCUT2D eigenvalue weighted by atomic mass is 15.0. The molecule has 3 heteroatoms. The van der Waals surface area contributed by atoms with Crippen molar-refractivity contribution in [3.05, 3.63) is 59.8 Å². The first kappa shape index (κ1) is 11.7. The Hall–Kier alpha value is -2.42. The zero-order valence-corrected chi connectivity index (χ0v) is 11.0. The number of hydrogen-bond donors (Lipinski definition) is 1. The van der Waals surface area contributed by atoms with Crippen LogP contribution < -0.4 is 5.32 Å². The first-order chi connectivity index (χ1) is 9.22. The molecule has 0 aliphatic rings. The van der Waals surface area contributed by atoms with Crippen molar-refractivity contribution in [1.82, 2.24) is 9.97 Å². The molecule has 0 aliphatic heterocycles. The largest absolute Gasteiger partial charge is 0.339 e. The molecule has 19 heavy (non-hydrogen) atoms. The minimum absolute atomic E-state index is 0.766. The Bertz CT molecular complexity index is 721. The molecule has 0 saturated heterocycles. The van der Waals surface area contributed by atoms with Gasteiger partial charge in [0.15, 0.2) is 0 Å². The summed E-state index contributed by atoms with van der Waals surface area (Å²) in [6, 6.07) is 14.1. The third kappa shape index (κ3) is 2.40. The fourth-order valence-corrected chi connectivity index (χ4v) is 2.00. The number of fused-ring (bicyclic) bond motifs is 1. The number of nitrogens with one attached hydrogen (secondary N) is 1. The van der Waals surface area contributed by atoms with Crippen molar-refractivity contribution >= 4 is 22.5 Å². The van der Waals surface area contributed by atoms with Gasteiger partial charge in [0, 0.05) is 5.69 Å². The molecule has 2 aromatic carbocycles. The average Bonchev–Trinajstić information content (AvgIpc) is 2.42. The molecule has 0 fully saturated rings. The van der Waals surface area contributed by atoms with E-state index in [1.165, 1.54) is 11.1 Å². The fourth-order valence-electron chi connectivity index (χ4n) is 2.00. The number of hydrogen-bond acceptors (Lipinski definition) is 3. The van der Waals surface area contributed by atoms with Gasteiger partial charge in [-0.1, -0.05) is 18.2 Å². The Kier molecular flexibility index (Phi) is 2.88. The van der Waals surface area contributed by atoms with Crippen LogP contribution in [0.4, 0.5) is 11.5 Å². The molecule has 3 nitrogen and oxygen atoms in total. The van der Waals surface area contributed by atoms with E-state index in [9.17, 15) is 0 Å². The lowest BCUT2D eigenvalue weighted by Gasteiger charge is -2.07. The highest BCUT2D eigenvalue weighted by Crippen LogP contribution is 2.19. The molecule has 3 aromatic rings. The molecular weight excluding hydrogens is 234 g/mol. The van der Waals surface area contributed by atoms with Gasteiger partial charge in [-0.15, -0.1) is 0 Å². The van der Waals surface area contributed by atoms with Gasteiger partial charge in [-0.2, -0.15) is 0 Å². The van der Waals surface area contributed by atoms with Gasteiger partial charge in [-0.25, -0.2) is 4.98 Å². The first-order valence-corrected chi connectivity index (χ1v) is 6.28. The van der Waals surface area contributed by atoms with Crippen LogP contribution in [0.5, 0.6) is 0 Å². The van der Waals surface area contributed by atoms with Crippen molar-refractivity contribution in [2.75, 3.05) is 5.32 Å². The van der Waals surface area contributed by atoms with Crippen LogP contribution in [0.25, 0.3) is 11.0 Å². The summed E-state index contributed by atoms with van der Waals surface area (Å²) in [6.07, 6.45) is 1.77. The molecule has 0 spiro atoms. The smallest absolute Gasteiger partial charge is 0.149 e. The van der Waals surface area contributed by atoms with Gasteiger partial charge >= 0.3 is 0 Å². The predicted molar refractivity (Wildman–Crippen MR) is 78.7 cm³/mol. The molecule has 94 valence electrons. The monoisotopic (exact) mass is 249 g/mol. The number of anilines is 2. The standard InChI is InChI=1S/C16H15N3/c1-11-8-14-15(9-12(11)2)19-16(10-17-14)18-13-6-4-3-5-7-13/h3-10H,1-2H3,(H,18,19). The van der Waals surface area contributed by atoms with E-state index in [1.54, 1.807) is 6.20 Å². The van der Waals surface area contributed by atoms with Crippen LogP contribution in [0.15, 0.2) is 48.7 Å². The van der Waals surface area contributed by atoms with Crippen LogP contribution in [0.2, 0.25) is 0 Å². The normalized spacial score (nSPS) is 10.6. The highest BCUT2D eigenvalue weighted by Gasteiger charge is 2.02. The van der Waals surface area contributed by atoms with Gasteiger partial charge in [0.05, 0.1) is 17.2 Å². The summed E-state index contributed by atoms with van der Waals surface area (Å²) in [6.45, 7) is 4.18. The number of aryl methyl sites for hydroxylation is 2. The minimum Gasteiger partial charge on any atom is -0.339 e. The Morgan fingerprint density at radius 2 is 1.58 bits per heavy atom. The Labute approximate surface area is 112 Å². The zero-order chi connectivity index (χ0) is 13.2. The molecule has 3 rings (SSSR count). The summed E-state index contributed by atoms with van der Waals surface area (Å²) < 4.78 is 0. The first-order valence-electron chi connectivity index (χ1n) is 6.28. The van der Waals surface area contributed by atoms with Gasteiger partial charge < -0.3 is 5.32 Å². The molecule has 1 aromatic heterocycles.